The molecule has 1 fully saturated rings. The van der Waals surface area contributed by atoms with Crippen molar-refractivity contribution in [1.82, 2.24) is 15.0 Å². The van der Waals surface area contributed by atoms with Gasteiger partial charge in [-0.05, 0) is 30.9 Å². The molecule has 4 nitrogen and oxygen atoms in total. The molecule has 0 bridgehead atoms. The zero-order valence-corrected chi connectivity index (χ0v) is 8.82. The molecule has 1 heterocycles. The number of aliphatic hydroxyl groups excluding tert-OH is 1. The van der Waals surface area contributed by atoms with Crippen LogP contribution in [0.2, 0.25) is 0 Å². The van der Waals surface area contributed by atoms with Crippen LogP contribution in [0.1, 0.15) is 24.6 Å². The van der Waals surface area contributed by atoms with E-state index in [2.05, 4.69) is 10.3 Å². The van der Waals surface area contributed by atoms with Crippen molar-refractivity contribution in [3.05, 3.63) is 42.2 Å². The minimum absolute atomic E-state index is 0.390. The van der Waals surface area contributed by atoms with Crippen LogP contribution >= 0.6 is 0 Å². The monoisotopic (exact) mass is 215 g/mol. The molecule has 1 N–H and O–H groups in total. The molecule has 1 unspecified atom stereocenters. The normalized spacial score (nSPS) is 17.3. The molecule has 1 atom stereocenters. The topological polar surface area (TPSA) is 50.9 Å². The maximum Gasteiger partial charge on any atom is 0.101 e. The van der Waals surface area contributed by atoms with Crippen LogP contribution in [0, 0.1) is 5.92 Å². The fourth-order valence-electron chi connectivity index (χ4n) is 1.87. The van der Waals surface area contributed by atoms with Crippen molar-refractivity contribution in [2.45, 2.75) is 18.9 Å². The molecule has 0 aliphatic heterocycles. The summed E-state index contributed by atoms with van der Waals surface area (Å²) < 4.78 is 1.71. The van der Waals surface area contributed by atoms with E-state index in [0.717, 1.165) is 24.2 Å². The van der Waals surface area contributed by atoms with E-state index in [9.17, 15) is 5.11 Å². The van der Waals surface area contributed by atoms with Gasteiger partial charge in [0.25, 0.3) is 0 Å². The van der Waals surface area contributed by atoms with Crippen LogP contribution in [0.4, 0.5) is 0 Å². The molecule has 4 heteroatoms. The molecule has 0 amide bonds. The Morgan fingerprint density at radius 3 is 2.69 bits per heavy atom. The second-order valence-corrected chi connectivity index (χ2v) is 4.19. The number of hydrogen-bond donors (Lipinski definition) is 1. The molecule has 2 aromatic rings. The van der Waals surface area contributed by atoms with Gasteiger partial charge in [0.1, 0.15) is 6.10 Å². The lowest BCUT2D eigenvalue weighted by Crippen LogP contribution is -2.08. The summed E-state index contributed by atoms with van der Waals surface area (Å²) in [5.41, 5.74) is 1.73. The SMILES string of the molecule is OC(c1cnnn1-c1ccccc1)C1CC1. The lowest BCUT2D eigenvalue weighted by Gasteiger charge is -2.10. The van der Waals surface area contributed by atoms with E-state index in [1.165, 1.54) is 0 Å². The number of hydrogen-bond acceptors (Lipinski definition) is 3. The van der Waals surface area contributed by atoms with Crippen molar-refractivity contribution in [2.24, 2.45) is 5.92 Å². The fourth-order valence-corrected chi connectivity index (χ4v) is 1.87. The Morgan fingerprint density at radius 2 is 2.00 bits per heavy atom. The van der Waals surface area contributed by atoms with Crippen molar-refractivity contribution in [3.63, 3.8) is 0 Å². The first-order valence-electron chi connectivity index (χ1n) is 5.50. The molecule has 1 aromatic carbocycles. The summed E-state index contributed by atoms with van der Waals surface area (Å²) >= 11 is 0. The number of aromatic nitrogens is 3. The number of benzene rings is 1. The zero-order chi connectivity index (χ0) is 11.0. The van der Waals surface area contributed by atoms with E-state index < -0.39 is 6.10 Å². The van der Waals surface area contributed by atoms with Crippen molar-refractivity contribution < 1.29 is 5.11 Å². The summed E-state index contributed by atoms with van der Waals surface area (Å²) in [4.78, 5) is 0. The second-order valence-electron chi connectivity index (χ2n) is 4.19. The summed E-state index contributed by atoms with van der Waals surface area (Å²) in [7, 11) is 0. The van der Waals surface area contributed by atoms with Crippen LogP contribution in [0.5, 0.6) is 0 Å². The van der Waals surface area contributed by atoms with Gasteiger partial charge in [0.05, 0.1) is 17.6 Å². The van der Waals surface area contributed by atoms with Crippen LogP contribution in [0.25, 0.3) is 5.69 Å². The third kappa shape index (κ3) is 1.61. The number of aliphatic hydroxyl groups is 1. The molecular weight excluding hydrogens is 202 g/mol. The highest BCUT2D eigenvalue weighted by Gasteiger charge is 2.33. The summed E-state index contributed by atoms with van der Waals surface area (Å²) in [5.74, 6) is 0.390. The molecule has 0 saturated heterocycles. The molecule has 1 aliphatic rings. The minimum Gasteiger partial charge on any atom is -0.386 e. The van der Waals surface area contributed by atoms with E-state index in [1.807, 2.05) is 30.3 Å². The van der Waals surface area contributed by atoms with Crippen molar-refractivity contribution >= 4 is 0 Å². The maximum atomic E-state index is 10.1. The Kier molecular flexibility index (Phi) is 2.22. The minimum atomic E-state index is -0.435. The van der Waals surface area contributed by atoms with E-state index in [1.54, 1.807) is 10.9 Å². The molecule has 0 radical (unpaired) electrons. The van der Waals surface area contributed by atoms with Crippen LogP contribution in [0.15, 0.2) is 36.5 Å². The summed E-state index contributed by atoms with van der Waals surface area (Å²) in [5, 5.41) is 18.0. The van der Waals surface area contributed by atoms with Gasteiger partial charge in [-0.15, -0.1) is 5.10 Å². The average molecular weight is 215 g/mol. The Balaban J connectivity index is 1.99. The first-order valence-corrected chi connectivity index (χ1v) is 5.50. The van der Waals surface area contributed by atoms with E-state index >= 15 is 0 Å². The van der Waals surface area contributed by atoms with Crippen molar-refractivity contribution in [2.75, 3.05) is 0 Å². The molecular formula is C12H13N3O. The largest absolute Gasteiger partial charge is 0.386 e. The predicted molar refractivity (Wildman–Crippen MR) is 59.0 cm³/mol. The third-order valence-corrected chi connectivity index (χ3v) is 2.95. The molecule has 16 heavy (non-hydrogen) atoms. The van der Waals surface area contributed by atoms with Gasteiger partial charge in [-0.1, -0.05) is 23.4 Å². The lowest BCUT2D eigenvalue weighted by molar-refractivity contribution is 0.146. The molecule has 3 rings (SSSR count). The van der Waals surface area contributed by atoms with Gasteiger partial charge < -0.3 is 5.11 Å². The quantitative estimate of drug-likeness (QED) is 0.848. The lowest BCUT2D eigenvalue weighted by atomic mass is 10.2. The van der Waals surface area contributed by atoms with Crippen LogP contribution in [0.3, 0.4) is 0 Å². The van der Waals surface area contributed by atoms with Gasteiger partial charge in [0.2, 0.25) is 0 Å². The highest BCUT2D eigenvalue weighted by Crippen LogP contribution is 2.40. The van der Waals surface area contributed by atoms with Gasteiger partial charge in [-0.25, -0.2) is 4.68 Å². The number of para-hydroxylation sites is 1. The van der Waals surface area contributed by atoms with Crippen molar-refractivity contribution in [1.29, 1.82) is 0 Å². The van der Waals surface area contributed by atoms with Crippen LogP contribution in [-0.4, -0.2) is 20.1 Å². The molecule has 0 spiro atoms. The smallest absolute Gasteiger partial charge is 0.101 e. The predicted octanol–water partition coefficient (Wildman–Crippen LogP) is 1.71. The standard InChI is InChI=1S/C12H13N3O/c16-12(9-6-7-9)11-8-13-14-15(11)10-4-2-1-3-5-10/h1-5,8-9,12,16H,6-7H2. The molecule has 1 aromatic heterocycles. The number of rotatable bonds is 3. The molecule has 1 aliphatic carbocycles. The Bertz CT molecular complexity index is 476. The van der Waals surface area contributed by atoms with Gasteiger partial charge in [-0.2, -0.15) is 0 Å². The Morgan fingerprint density at radius 1 is 1.25 bits per heavy atom. The molecule has 82 valence electrons. The highest BCUT2D eigenvalue weighted by molar-refractivity contribution is 5.32. The van der Waals surface area contributed by atoms with Gasteiger partial charge in [0.15, 0.2) is 0 Å². The van der Waals surface area contributed by atoms with Crippen LogP contribution < -0.4 is 0 Å². The van der Waals surface area contributed by atoms with E-state index in [0.29, 0.717) is 5.92 Å². The third-order valence-electron chi connectivity index (χ3n) is 2.95. The second kappa shape index (κ2) is 3.72. The van der Waals surface area contributed by atoms with E-state index in [4.69, 9.17) is 0 Å². The summed E-state index contributed by atoms with van der Waals surface area (Å²) in [6.07, 6.45) is 3.41. The summed E-state index contributed by atoms with van der Waals surface area (Å²) in [6.45, 7) is 0. The van der Waals surface area contributed by atoms with E-state index in [-0.39, 0.29) is 0 Å². The van der Waals surface area contributed by atoms with Gasteiger partial charge >= 0.3 is 0 Å². The first kappa shape index (κ1) is 9.54. The van der Waals surface area contributed by atoms with Crippen molar-refractivity contribution in [3.8, 4) is 5.69 Å². The fraction of sp³-hybridized carbons (Fsp3) is 0.333. The van der Waals surface area contributed by atoms with Gasteiger partial charge in [-0.3, -0.25) is 0 Å². The average Bonchev–Trinajstić information content (AvgIpc) is 3.06. The highest BCUT2D eigenvalue weighted by atomic mass is 16.3. The Labute approximate surface area is 93.5 Å². The van der Waals surface area contributed by atoms with Crippen LogP contribution in [-0.2, 0) is 0 Å². The maximum absolute atomic E-state index is 10.1. The van der Waals surface area contributed by atoms with Gasteiger partial charge in [0, 0.05) is 0 Å². The Hall–Kier alpha value is -1.68. The molecule has 1 saturated carbocycles. The number of nitrogens with zero attached hydrogens (tertiary/aromatic N) is 3. The zero-order valence-electron chi connectivity index (χ0n) is 8.82. The summed E-state index contributed by atoms with van der Waals surface area (Å²) in [6, 6.07) is 9.77. The first-order chi connectivity index (χ1) is 7.86.